The Kier molecular flexibility index (Phi) is 10.7. The topological polar surface area (TPSA) is 18.5 Å². The fraction of sp³-hybridized carbons (Fsp3) is 0.538. The second-order valence-electron chi connectivity index (χ2n) is 8.20. The van der Waals surface area contributed by atoms with E-state index in [2.05, 4.69) is 88.4 Å². The van der Waals surface area contributed by atoms with E-state index in [0.717, 1.165) is 12.8 Å². The number of hydrogen-bond donors (Lipinski definition) is 0. The van der Waals surface area contributed by atoms with Gasteiger partial charge in [-0.2, -0.15) is 0 Å². The highest BCUT2D eigenvalue weighted by Gasteiger charge is 2.45. The minimum atomic E-state index is -2.79. The van der Waals surface area contributed by atoms with E-state index in [4.69, 9.17) is 8.85 Å². The zero-order valence-corrected chi connectivity index (χ0v) is 19.9. The molecule has 3 heteroatoms. The molecule has 0 aromatic heterocycles. The van der Waals surface area contributed by atoms with Crippen LogP contribution in [-0.4, -0.2) is 20.8 Å². The van der Waals surface area contributed by atoms with Crippen LogP contribution in [0.5, 0.6) is 0 Å². The molecule has 2 atom stereocenters. The molecule has 0 N–H and O–H groups in total. The first-order valence-electron chi connectivity index (χ1n) is 11.6. The van der Waals surface area contributed by atoms with Crippen LogP contribution in [0.15, 0.2) is 60.7 Å². The van der Waals surface area contributed by atoms with Crippen molar-refractivity contribution in [2.75, 3.05) is 0 Å². The third-order valence-corrected chi connectivity index (χ3v) is 9.13. The molecule has 160 valence electrons. The van der Waals surface area contributed by atoms with E-state index >= 15 is 0 Å². The van der Waals surface area contributed by atoms with Crippen molar-refractivity contribution in [2.45, 2.75) is 91.3 Å². The van der Waals surface area contributed by atoms with Gasteiger partial charge in [-0.1, -0.05) is 113 Å². The van der Waals surface area contributed by atoms with Crippen molar-refractivity contribution in [3.63, 3.8) is 0 Å². The second kappa shape index (κ2) is 13.0. The minimum Gasteiger partial charge on any atom is -0.385 e. The predicted octanol–water partition coefficient (Wildman–Crippen LogP) is 6.21. The van der Waals surface area contributed by atoms with Crippen molar-refractivity contribution in [2.24, 2.45) is 0 Å². The van der Waals surface area contributed by atoms with Gasteiger partial charge in [-0.3, -0.25) is 0 Å². The summed E-state index contributed by atoms with van der Waals surface area (Å²) in [6.45, 7) is 8.93. The molecule has 0 radical (unpaired) electrons. The molecule has 0 fully saturated rings. The number of benzene rings is 2. The summed E-state index contributed by atoms with van der Waals surface area (Å²) in [5.41, 5.74) is 0. The Labute approximate surface area is 179 Å². The molecule has 2 nitrogen and oxygen atoms in total. The van der Waals surface area contributed by atoms with Crippen molar-refractivity contribution in [3.05, 3.63) is 60.7 Å². The van der Waals surface area contributed by atoms with Gasteiger partial charge >= 0.3 is 8.56 Å². The molecule has 0 aliphatic carbocycles. The Balaban J connectivity index is 2.36. The average molecular weight is 413 g/mol. The molecule has 2 aromatic rings. The summed E-state index contributed by atoms with van der Waals surface area (Å²) in [6.07, 6.45) is 9.91. The van der Waals surface area contributed by atoms with Crippen LogP contribution in [0.1, 0.15) is 79.1 Å². The Morgan fingerprint density at radius 1 is 0.621 bits per heavy atom. The Hall–Kier alpha value is -1.42. The summed E-state index contributed by atoms with van der Waals surface area (Å²) >= 11 is 0. The van der Waals surface area contributed by atoms with E-state index in [1.165, 1.54) is 48.9 Å². The first kappa shape index (κ1) is 23.9. The monoisotopic (exact) mass is 412 g/mol. The van der Waals surface area contributed by atoms with Gasteiger partial charge in [0, 0.05) is 12.2 Å². The van der Waals surface area contributed by atoms with E-state index in [1.54, 1.807) is 0 Å². The standard InChI is InChI=1S/C26H40O2Si/c1-5-7-11-17-23(3)27-29(25-19-13-9-14-20-25,26-21-15-10-16-22-26)28-24(4)18-12-8-6-2/h9-10,13-16,19-24H,5-8,11-12,17-18H2,1-4H3. The highest BCUT2D eigenvalue weighted by molar-refractivity contribution is 6.92. The van der Waals surface area contributed by atoms with Gasteiger partial charge in [0.15, 0.2) is 0 Å². The van der Waals surface area contributed by atoms with Gasteiger partial charge < -0.3 is 8.85 Å². The van der Waals surface area contributed by atoms with Crippen LogP contribution in [0.3, 0.4) is 0 Å². The fourth-order valence-corrected chi connectivity index (χ4v) is 7.39. The highest BCUT2D eigenvalue weighted by Crippen LogP contribution is 2.20. The van der Waals surface area contributed by atoms with Gasteiger partial charge in [0.25, 0.3) is 0 Å². The van der Waals surface area contributed by atoms with Crippen LogP contribution in [0.4, 0.5) is 0 Å². The fourth-order valence-electron chi connectivity index (χ4n) is 3.83. The van der Waals surface area contributed by atoms with E-state index < -0.39 is 8.56 Å². The number of hydrogen-bond acceptors (Lipinski definition) is 2. The summed E-state index contributed by atoms with van der Waals surface area (Å²) in [6, 6.07) is 21.3. The third-order valence-electron chi connectivity index (χ3n) is 5.47. The molecule has 0 aliphatic heterocycles. The molecule has 2 unspecified atom stereocenters. The lowest BCUT2D eigenvalue weighted by atomic mass is 10.1. The van der Waals surface area contributed by atoms with Crippen LogP contribution < -0.4 is 10.4 Å². The second-order valence-corrected chi connectivity index (χ2v) is 11.1. The molecular weight excluding hydrogens is 372 g/mol. The molecule has 0 bridgehead atoms. The third kappa shape index (κ3) is 7.40. The van der Waals surface area contributed by atoms with Crippen LogP contribution in [0.25, 0.3) is 0 Å². The van der Waals surface area contributed by atoms with Gasteiger partial charge in [-0.15, -0.1) is 0 Å². The molecule has 29 heavy (non-hydrogen) atoms. The van der Waals surface area contributed by atoms with Crippen LogP contribution in [0.2, 0.25) is 0 Å². The van der Waals surface area contributed by atoms with Crippen molar-refractivity contribution in [3.8, 4) is 0 Å². The summed E-state index contributed by atoms with van der Waals surface area (Å²) in [7, 11) is -2.79. The maximum atomic E-state index is 6.95. The molecule has 0 spiro atoms. The van der Waals surface area contributed by atoms with Gasteiger partial charge in [-0.25, -0.2) is 0 Å². The Morgan fingerprint density at radius 2 is 1.00 bits per heavy atom. The molecular formula is C26H40O2Si. The van der Waals surface area contributed by atoms with Crippen LogP contribution in [0, 0.1) is 0 Å². The maximum absolute atomic E-state index is 6.95. The molecule has 0 heterocycles. The van der Waals surface area contributed by atoms with Gasteiger partial charge in [0.1, 0.15) is 0 Å². The lowest BCUT2D eigenvalue weighted by Gasteiger charge is -2.36. The molecule has 2 aromatic carbocycles. The SMILES string of the molecule is CCCCCC(C)O[Si](OC(C)CCCCC)(c1ccccc1)c1ccccc1. The quantitative estimate of drug-likeness (QED) is 0.271. The maximum Gasteiger partial charge on any atom is 0.407 e. The van der Waals surface area contributed by atoms with E-state index in [9.17, 15) is 0 Å². The molecule has 0 amide bonds. The Morgan fingerprint density at radius 3 is 1.34 bits per heavy atom. The van der Waals surface area contributed by atoms with Crippen molar-refractivity contribution >= 4 is 18.9 Å². The summed E-state index contributed by atoms with van der Waals surface area (Å²) < 4.78 is 13.9. The zero-order chi connectivity index (χ0) is 21.0. The summed E-state index contributed by atoms with van der Waals surface area (Å²) in [5.74, 6) is 0. The van der Waals surface area contributed by atoms with Crippen molar-refractivity contribution < 1.29 is 8.85 Å². The lowest BCUT2D eigenvalue weighted by Crippen LogP contribution is -2.65. The van der Waals surface area contributed by atoms with Crippen LogP contribution in [-0.2, 0) is 8.85 Å². The molecule has 0 aliphatic rings. The van der Waals surface area contributed by atoms with Gasteiger partial charge in [-0.05, 0) is 37.1 Å². The van der Waals surface area contributed by atoms with E-state index in [0.29, 0.717) is 0 Å². The summed E-state index contributed by atoms with van der Waals surface area (Å²) in [5, 5.41) is 2.41. The van der Waals surface area contributed by atoms with Crippen molar-refractivity contribution in [1.82, 2.24) is 0 Å². The molecule has 0 saturated carbocycles. The zero-order valence-electron chi connectivity index (χ0n) is 18.9. The first-order chi connectivity index (χ1) is 14.1. The Bertz CT molecular complexity index is 599. The lowest BCUT2D eigenvalue weighted by molar-refractivity contribution is 0.0992. The highest BCUT2D eigenvalue weighted by atomic mass is 28.4. The van der Waals surface area contributed by atoms with Crippen molar-refractivity contribution in [1.29, 1.82) is 0 Å². The van der Waals surface area contributed by atoms with E-state index in [-0.39, 0.29) is 12.2 Å². The molecule has 2 rings (SSSR count). The minimum absolute atomic E-state index is 0.177. The molecule has 0 saturated heterocycles. The predicted molar refractivity (Wildman–Crippen MR) is 127 cm³/mol. The summed E-state index contributed by atoms with van der Waals surface area (Å²) in [4.78, 5) is 0. The largest absolute Gasteiger partial charge is 0.407 e. The van der Waals surface area contributed by atoms with Crippen LogP contribution >= 0.6 is 0 Å². The van der Waals surface area contributed by atoms with Gasteiger partial charge in [0.2, 0.25) is 0 Å². The van der Waals surface area contributed by atoms with Gasteiger partial charge in [0.05, 0.1) is 0 Å². The first-order valence-corrected chi connectivity index (χ1v) is 13.4. The normalized spacial score (nSPS) is 13.9. The number of rotatable bonds is 14. The smallest absolute Gasteiger partial charge is 0.385 e. The van der Waals surface area contributed by atoms with E-state index in [1.807, 2.05) is 0 Å². The average Bonchev–Trinajstić information content (AvgIpc) is 2.75. The number of unbranched alkanes of at least 4 members (excludes halogenated alkanes) is 4.